The topological polar surface area (TPSA) is 46.2 Å². The van der Waals surface area contributed by atoms with Crippen LogP contribution in [0.4, 0.5) is 0 Å². The Labute approximate surface area is 67.2 Å². The lowest BCUT2D eigenvalue weighted by Gasteiger charge is -2.07. The van der Waals surface area contributed by atoms with Gasteiger partial charge in [0.05, 0.1) is 6.54 Å². The highest BCUT2D eigenvalue weighted by atomic mass is 16.2. The number of rotatable bonds is 4. The van der Waals surface area contributed by atoms with Gasteiger partial charge in [0.2, 0.25) is 5.91 Å². The summed E-state index contributed by atoms with van der Waals surface area (Å²) in [6, 6.07) is 0. The van der Waals surface area contributed by atoms with Gasteiger partial charge in [-0.05, 0) is 13.3 Å². The van der Waals surface area contributed by atoms with E-state index in [-0.39, 0.29) is 24.2 Å². The number of ketones is 1. The SMILES string of the molecule is CC[C@H](C)C(=O)NCC(C)=O. The molecule has 0 aliphatic heterocycles. The molecule has 3 heteroatoms. The second-order valence-electron chi connectivity index (χ2n) is 2.73. The summed E-state index contributed by atoms with van der Waals surface area (Å²) in [5.74, 6) is -0.0429. The van der Waals surface area contributed by atoms with Gasteiger partial charge in [-0.15, -0.1) is 0 Å². The van der Waals surface area contributed by atoms with Crippen molar-refractivity contribution in [2.45, 2.75) is 27.2 Å². The molecule has 1 atom stereocenters. The van der Waals surface area contributed by atoms with E-state index in [1.54, 1.807) is 0 Å². The highest BCUT2D eigenvalue weighted by Crippen LogP contribution is 1.98. The van der Waals surface area contributed by atoms with E-state index < -0.39 is 0 Å². The first-order valence-corrected chi connectivity index (χ1v) is 3.85. The van der Waals surface area contributed by atoms with Crippen molar-refractivity contribution in [2.75, 3.05) is 6.54 Å². The Kier molecular flexibility index (Phi) is 4.50. The van der Waals surface area contributed by atoms with Crippen molar-refractivity contribution in [2.24, 2.45) is 5.92 Å². The standard InChI is InChI=1S/C8H15NO2/c1-4-6(2)8(11)9-5-7(3)10/h6H,4-5H2,1-3H3,(H,9,11)/t6-/m0/s1. The van der Waals surface area contributed by atoms with E-state index in [9.17, 15) is 9.59 Å². The molecule has 0 spiro atoms. The quantitative estimate of drug-likeness (QED) is 0.654. The van der Waals surface area contributed by atoms with E-state index in [0.29, 0.717) is 0 Å². The Hall–Kier alpha value is -0.860. The van der Waals surface area contributed by atoms with E-state index in [4.69, 9.17) is 0 Å². The second-order valence-corrected chi connectivity index (χ2v) is 2.73. The summed E-state index contributed by atoms with van der Waals surface area (Å²) in [5, 5.41) is 2.54. The zero-order chi connectivity index (χ0) is 8.85. The van der Waals surface area contributed by atoms with Crippen LogP contribution < -0.4 is 5.32 Å². The van der Waals surface area contributed by atoms with Crippen LogP contribution in [-0.4, -0.2) is 18.2 Å². The molecule has 0 aromatic heterocycles. The Balaban J connectivity index is 3.60. The van der Waals surface area contributed by atoms with Gasteiger partial charge in [-0.1, -0.05) is 13.8 Å². The smallest absolute Gasteiger partial charge is 0.223 e. The van der Waals surface area contributed by atoms with Crippen LogP contribution in [0, 0.1) is 5.92 Å². The molecule has 0 saturated heterocycles. The highest BCUT2D eigenvalue weighted by Gasteiger charge is 2.09. The summed E-state index contributed by atoms with van der Waals surface area (Å²) < 4.78 is 0. The summed E-state index contributed by atoms with van der Waals surface area (Å²) in [6.45, 7) is 5.40. The molecule has 0 aromatic rings. The fraction of sp³-hybridized carbons (Fsp3) is 0.750. The molecular weight excluding hydrogens is 142 g/mol. The van der Waals surface area contributed by atoms with E-state index in [1.165, 1.54) is 6.92 Å². The third-order valence-electron chi connectivity index (χ3n) is 1.57. The lowest BCUT2D eigenvalue weighted by atomic mass is 10.1. The zero-order valence-corrected chi connectivity index (χ0v) is 7.31. The summed E-state index contributed by atoms with van der Waals surface area (Å²) in [5.41, 5.74) is 0. The minimum atomic E-state index is -0.0392. The fourth-order valence-electron chi connectivity index (χ4n) is 0.571. The Morgan fingerprint density at radius 3 is 2.36 bits per heavy atom. The van der Waals surface area contributed by atoms with E-state index in [2.05, 4.69) is 5.32 Å². The molecule has 1 amide bonds. The Morgan fingerprint density at radius 2 is 2.00 bits per heavy atom. The van der Waals surface area contributed by atoms with Crippen LogP contribution in [0.25, 0.3) is 0 Å². The molecule has 0 saturated carbocycles. The molecule has 0 heterocycles. The van der Waals surface area contributed by atoms with Crippen molar-refractivity contribution in [3.05, 3.63) is 0 Å². The van der Waals surface area contributed by atoms with Crippen LogP contribution in [-0.2, 0) is 9.59 Å². The largest absolute Gasteiger partial charge is 0.349 e. The van der Waals surface area contributed by atoms with E-state index >= 15 is 0 Å². The lowest BCUT2D eigenvalue weighted by molar-refractivity contribution is -0.127. The molecule has 0 unspecified atom stereocenters. The van der Waals surface area contributed by atoms with E-state index in [1.807, 2.05) is 13.8 Å². The van der Waals surface area contributed by atoms with Crippen LogP contribution in [0.1, 0.15) is 27.2 Å². The number of carbonyl (C=O) groups excluding carboxylic acids is 2. The molecule has 0 aromatic carbocycles. The van der Waals surface area contributed by atoms with Crippen molar-refractivity contribution in [3.63, 3.8) is 0 Å². The molecule has 0 rings (SSSR count). The van der Waals surface area contributed by atoms with Crippen LogP contribution in [0.15, 0.2) is 0 Å². The minimum absolute atomic E-state index is 0.00866. The van der Waals surface area contributed by atoms with Crippen LogP contribution in [0.5, 0.6) is 0 Å². The maximum absolute atomic E-state index is 11.0. The number of hydrogen-bond acceptors (Lipinski definition) is 2. The highest BCUT2D eigenvalue weighted by molar-refractivity contribution is 5.85. The van der Waals surface area contributed by atoms with Gasteiger partial charge in [0, 0.05) is 5.92 Å². The third-order valence-corrected chi connectivity index (χ3v) is 1.57. The number of nitrogens with one attached hydrogen (secondary N) is 1. The van der Waals surface area contributed by atoms with Gasteiger partial charge in [0.25, 0.3) is 0 Å². The molecule has 0 radical (unpaired) electrons. The lowest BCUT2D eigenvalue weighted by Crippen LogP contribution is -2.32. The average molecular weight is 157 g/mol. The van der Waals surface area contributed by atoms with Gasteiger partial charge < -0.3 is 5.32 Å². The molecule has 0 aliphatic carbocycles. The summed E-state index contributed by atoms with van der Waals surface area (Å²) >= 11 is 0. The van der Waals surface area contributed by atoms with Crippen LogP contribution in [0.3, 0.4) is 0 Å². The zero-order valence-electron chi connectivity index (χ0n) is 7.31. The van der Waals surface area contributed by atoms with Crippen molar-refractivity contribution in [3.8, 4) is 0 Å². The number of Topliss-reactive ketones (excluding diaryl/α,β-unsaturated/α-hetero) is 1. The van der Waals surface area contributed by atoms with E-state index in [0.717, 1.165) is 6.42 Å². The first kappa shape index (κ1) is 10.1. The first-order chi connectivity index (χ1) is 5.07. The molecule has 11 heavy (non-hydrogen) atoms. The predicted octanol–water partition coefficient (Wildman–Crippen LogP) is 0.738. The molecule has 3 nitrogen and oxygen atoms in total. The van der Waals surface area contributed by atoms with Gasteiger partial charge in [-0.2, -0.15) is 0 Å². The third kappa shape index (κ3) is 4.53. The van der Waals surface area contributed by atoms with Gasteiger partial charge in [0.1, 0.15) is 5.78 Å². The molecule has 0 bridgehead atoms. The fourth-order valence-corrected chi connectivity index (χ4v) is 0.571. The first-order valence-electron chi connectivity index (χ1n) is 3.85. The van der Waals surface area contributed by atoms with Crippen molar-refractivity contribution < 1.29 is 9.59 Å². The average Bonchev–Trinajstić information content (AvgIpc) is 1.98. The molecule has 64 valence electrons. The Morgan fingerprint density at radius 1 is 1.45 bits per heavy atom. The second kappa shape index (κ2) is 4.88. The Bertz CT molecular complexity index is 154. The molecule has 0 fully saturated rings. The predicted molar refractivity (Wildman–Crippen MR) is 43.1 cm³/mol. The molecule has 0 aliphatic rings. The maximum Gasteiger partial charge on any atom is 0.223 e. The number of amides is 1. The maximum atomic E-state index is 11.0. The minimum Gasteiger partial charge on any atom is -0.349 e. The monoisotopic (exact) mass is 157 g/mol. The van der Waals surface area contributed by atoms with Gasteiger partial charge >= 0.3 is 0 Å². The number of carbonyl (C=O) groups is 2. The van der Waals surface area contributed by atoms with Crippen molar-refractivity contribution >= 4 is 11.7 Å². The van der Waals surface area contributed by atoms with Crippen molar-refractivity contribution in [1.29, 1.82) is 0 Å². The van der Waals surface area contributed by atoms with Crippen molar-refractivity contribution in [1.82, 2.24) is 5.32 Å². The van der Waals surface area contributed by atoms with Gasteiger partial charge in [0.15, 0.2) is 0 Å². The summed E-state index contributed by atoms with van der Waals surface area (Å²) in [7, 11) is 0. The van der Waals surface area contributed by atoms with Crippen LogP contribution >= 0.6 is 0 Å². The number of hydrogen-bond donors (Lipinski definition) is 1. The van der Waals surface area contributed by atoms with Gasteiger partial charge in [-0.3, -0.25) is 9.59 Å². The summed E-state index contributed by atoms with van der Waals surface area (Å²) in [4.78, 5) is 21.5. The molecule has 1 N–H and O–H groups in total. The molecular formula is C8H15NO2. The van der Waals surface area contributed by atoms with Crippen LogP contribution in [0.2, 0.25) is 0 Å². The normalized spacial score (nSPS) is 12.3. The van der Waals surface area contributed by atoms with Gasteiger partial charge in [-0.25, -0.2) is 0 Å². The summed E-state index contributed by atoms with van der Waals surface area (Å²) in [6.07, 6.45) is 0.809.